The Labute approximate surface area is 104 Å². The third-order valence-electron chi connectivity index (χ3n) is 2.54. The molecule has 94 valence electrons. The van der Waals surface area contributed by atoms with Gasteiger partial charge in [0.05, 0.1) is 7.11 Å². The first-order valence-corrected chi connectivity index (χ1v) is 6.60. The lowest BCUT2D eigenvalue weighted by Gasteiger charge is -2.15. The van der Waals surface area contributed by atoms with E-state index in [0.717, 1.165) is 30.2 Å². The number of aromatic amines is 1. The van der Waals surface area contributed by atoms with Crippen molar-refractivity contribution in [3.63, 3.8) is 0 Å². The molecule has 1 atom stereocenters. The number of nitrogens with one attached hydrogen (secondary N) is 2. The van der Waals surface area contributed by atoms with Crippen LogP contribution in [0.5, 0.6) is 0 Å². The number of hydrogen-bond donors (Lipinski definition) is 2. The van der Waals surface area contributed by atoms with Gasteiger partial charge in [0.1, 0.15) is 12.4 Å². The number of carbonyl (C=O) groups excluding carboxylic acids is 1. The number of thioether (sulfide) groups is 1. The average Bonchev–Trinajstić information content (AvgIpc) is 3.01. The maximum Gasteiger partial charge on any atom is 0.322 e. The molecule has 1 aromatic rings. The molecule has 0 saturated heterocycles. The molecule has 1 aromatic heterocycles. The lowest BCUT2D eigenvalue weighted by molar-refractivity contribution is -0.143. The van der Waals surface area contributed by atoms with E-state index in [4.69, 9.17) is 4.74 Å². The molecular formula is C10H16N4O2S. The summed E-state index contributed by atoms with van der Waals surface area (Å²) in [5, 5.41) is 10.6. The highest BCUT2D eigenvalue weighted by Crippen LogP contribution is 2.21. The van der Waals surface area contributed by atoms with Crippen molar-refractivity contribution in [3.8, 4) is 0 Å². The zero-order chi connectivity index (χ0) is 12.1. The predicted octanol–water partition coefficient (Wildman–Crippen LogP) is 0.580. The van der Waals surface area contributed by atoms with Gasteiger partial charge < -0.3 is 10.1 Å². The molecule has 2 N–H and O–H groups in total. The minimum atomic E-state index is -0.206. The van der Waals surface area contributed by atoms with Gasteiger partial charge in [-0.25, -0.2) is 4.98 Å². The summed E-state index contributed by atoms with van der Waals surface area (Å²) in [6, 6.07) is 0.289. The van der Waals surface area contributed by atoms with E-state index in [1.54, 1.807) is 11.8 Å². The van der Waals surface area contributed by atoms with Crippen LogP contribution in [0.15, 0.2) is 11.5 Å². The fraction of sp³-hybridized carbons (Fsp3) is 0.700. The molecule has 0 aliphatic heterocycles. The summed E-state index contributed by atoms with van der Waals surface area (Å²) in [5.41, 5.74) is 0. The summed E-state index contributed by atoms with van der Waals surface area (Å²) in [6.45, 7) is 0. The van der Waals surface area contributed by atoms with Gasteiger partial charge in [-0.2, -0.15) is 5.10 Å². The van der Waals surface area contributed by atoms with Crippen molar-refractivity contribution < 1.29 is 9.53 Å². The molecule has 1 saturated carbocycles. The number of H-pyrrole nitrogens is 1. The number of rotatable bonds is 7. The van der Waals surface area contributed by atoms with Crippen LogP contribution in [0.3, 0.4) is 0 Å². The number of methoxy groups -OCH3 is 1. The Balaban J connectivity index is 1.74. The summed E-state index contributed by atoms with van der Waals surface area (Å²) < 4.78 is 4.78. The summed E-state index contributed by atoms with van der Waals surface area (Å²) in [7, 11) is 1.42. The fourth-order valence-corrected chi connectivity index (χ4v) is 2.27. The van der Waals surface area contributed by atoms with Crippen molar-refractivity contribution in [2.24, 2.45) is 0 Å². The van der Waals surface area contributed by atoms with Gasteiger partial charge in [0.15, 0.2) is 5.16 Å². The van der Waals surface area contributed by atoms with E-state index >= 15 is 0 Å². The Morgan fingerprint density at radius 2 is 2.59 bits per heavy atom. The highest BCUT2D eigenvalue weighted by molar-refractivity contribution is 7.99. The first-order chi connectivity index (χ1) is 8.29. The molecule has 17 heavy (non-hydrogen) atoms. The van der Waals surface area contributed by atoms with Gasteiger partial charge in [0.2, 0.25) is 0 Å². The topological polar surface area (TPSA) is 79.9 Å². The number of hydrogen-bond acceptors (Lipinski definition) is 6. The van der Waals surface area contributed by atoms with Crippen molar-refractivity contribution in [3.05, 3.63) is 6.33 Å². The lowest BCUT2D eigenvalue weighted by Crippen LogP contribution is -2.39. The highest BCUT2D eigenvalue weighted by Gasteiger charge is 2.28. The van der Waals surface area contributed by atoms with Crippen molar-refractivity contribution in [2.45, 2.75) is 36.5 Å². The van der Waals surface area contributed by atoms with Crippen LogP contribution in [-0.2, 0) is 9.53 Å². The van der Waals surface area contributed by atoms with Crippen molar-refractivity contribution in [1.82, 2.24) is 20.5 Å². The zero-order valence-corrected chi connectivity index (χ0v) is 10.5. The Morgan fingerprint density at radius 3 is 3.18 bits per heavy atom. The molecule has 2 rings (SSSR count). The van der Waals surface area contributed by atoms with Crippen LogP contribution in [0, 0.1) is 0 Å². The van der Waals surface area contributed by atoms with Crippen LogP contribution >= 0.6 is 11.8 Å². The maximum atomic E-state index is 11.5. The monoisotopic (exact) mass is 256 g/mol. The van der Waals surface area contributed by atoms with E-state index in [-0.39, 0.29) is 12.0 Å². The largest absolute Gasteiger partial charge is 0.468 e. The molecule has 6 nitrogen and oxygen atoms in total. The van der Waals surface area contributed by atoms with E-state index in [0.29, 0.717) is 6.04 Å². The molecular weight excluding hydrogens is 240 g/mol. The molecule has 0 bridgehead atoms. The highest BCUT2D eigenvalue weighted by atomic mass is 32.2. The van der Waals surface area contributed by atoms with Crippen molar-refractivity contribution in [1.29, 1.82) is 0 Å². The SMILES string of the molecule is COC(=O)C(CCSc1ncn[nH]1)NC1CC1. The Kier molecular flexibility index (Phi) is 4.38. The zero-order valence-electron chi connectivity index (χ0n) is 9.68. The minimum Gasteiger partial charge on any atom is -0.468 e. The second-order valence-electron chi connectivity index (χ2n) is 3.94. The molecule has 0 aromatic carbocycles. The molecule has 1 fully saturated rings. The molecule has 7 heteroatoms. The molecule has 0 spiro atoms. The number of nitrogens with zero attached hydrogens (tertiary/aromatic N) is 2. The Morgan fingerprint density at radius 1 is 1.76 bits per heavy atom. The van der Waals surface area contributed by atoms with Crippen LogP contribution in [0.4, 0.5) is 0 Å². The minimum absolute atomic E-state index is 0.185. The number of esters is 1. The second-order valence-corrected chi connectivity index (χ2v) is 5.03. The summed E-state index contributed by atoms with van der Waals surface area (Å²) in [5.74, 6) is 0.615. The van der Waals surface area contributed by atoms with Gasteiger partial charge in [-0.15, -0.1) is 0 Å². The Hall–Kier alpha value is -1.08. The van der Waals surface area contributed by atoms with Gasteiger partial charge in [-0.05, 0) is 19.3 Å². The lowest BCUT2D eigenvalue weighted by atomic mass is 10.2. The first-order valence-electron chi connectivity index (χ1n) is 5.61. The fourth-order valence-electron chi connectivity index (χ4n) is 1.48. The maximum absolute atomic E-state index is 11.5. The van der Waals surface area contributed by atoms with Crippen LogP contribution < -0.4 is 5.32 Å². The normalized spacial score (nSPS) is 16.8. The number of aromatic nitrogens is 3. The quantitative estimate of drug-likeness (QED) is 0.549. The first kappa shape index (κ1) is 12.4. The molecule has 0 radical (unpaired) electrons. The summed E-state index contributed by atoms with van der Waals surface area (Å²) in [4.78, 5) is 15.5. The van der Waals surface area contributed by atoms with Crippen molar-refractivity contribution >= 4 is 17.7 Å². The van der Waals surface area contributed by atoms with Gasteiger partial charge in [0.25, 0.3) is 0 Å². The summed E-state index contributed by atoms with van der Waals surface area (Å²) in [6.07, 6.45) is 4.52. The molecule has 0 amide bonds. The Bertz CT molecular complexity index is 353. The van der Waals surface area contributed by atoms with Crippen LogP contribution in [-0.4, -0.2) is 46.1 Å². The third kappa shape index (κ3) is 4.01. The van der Waals surface area contributed by atoms with Gasteiger partial charge >= 0.3 is 5.97 Å². The summed E-state index contributed by atoms with van der Waals surface area (Å²) >= 11 is 1.55. The molecule has 1 aliphatic rings. The third-order valence-corrected chi connectivity index (χ3v) is 3.45. The number of ether oxygens (including phenoxy) is 1. The van der Waals surface area contributed by atoms with E-state index < -0.39 is 0 Å². The standard InChI is InChI=1S/C10H16N4O2S/c1-16-9(15)8(13-7-2-3-7)4-5-17-10-11-6-12-14-10/h6-8,13H,2-5H2,1H3,(H,11,12,14). The number of carbonyl (C=O) groups is 1. The molecule has 1 heterocycles. The van der Waals surface area contributed by atoms with Gasteiger partial charge in [-0.3, -0.25) is 9.89 Å². The average molecular weight is 256 g/mol. The van der Waals surface area contributed by atoms with Gasteiger partial charge in [0, 0.05) is 11.8 Å². The molecule has 1 unspecified atom stereocenters. The van der Waals surface area contributed by atoms with Crippen LogP contribution in [0.25, 0.3) is 0 Å². The van der Waals surface area contributed by atoms with E-state index in [9.17, 15) is 4.79 Å². The van der Waals surface area contributed by atoms with E-state index in [2.05, 4.69) is 20.5 Å². The van der Waals surface area contributed by atoms with Gasteiger partial charge in [-0.1, -0.05) is 11.8 Å². The molecule has 1 aliphatic carbocycles. The van der Waals surface area contributed by atoms with E-state index in [1.165, 1.54) is 13.4 Å². The van der Waals surface area contributed by atoms with E-state index in [1.807, 2.05) is 0 Å². The smallest absolute Gasteiger partial charge is 0.322 e. The second kappa shape index (κ2) is 6.02. The van der Waals surface area contributed by atoms with Crippen molar-refractivity contribution in [2.75, 3.05) is 12.9 Å². The predicted molar refractivity (Wildman–Crippen MR) is 63.7 cm³/mol. The van der Waals surface area contributed by atoms with Crippen LogP contribution in [0.1, 0.15) is 19.3 Å². The van der Waals surface area contributed by atoms with Crippen LogP contribution in [0.2, 0.25) is 0 Å².